The zero-order valence-electron chi connectivity index (χ0n) is 12.4. The summed E-state index contributed by atoms with van der Waals surface area (Å²) >= 11 is 1.52. The minimum absolute atomic E-state index is 0.103. The van der Waals surface area contributed by atoms with Crippen molar-refractivity contribution in [3.63, 3.8) is 0 Å². The van der Waals surface area contributed by atoms with Gasteiger partial charge in [0.1, 0.15) is 12.3 Å². The summed E-state index contributed by atoms with van der Waals surface area (Å²) in [6.07, 6.45) is 1.56. The van der Waals surface area contributed by atoms with Crippen LogP contribution in [-0.2, 0) is 6.54 Å². The van der Waals surface area contributed by atoms with E-state index in [-0.39, 0.29) is 6.54 Å². The van der Waals surface area contributed by atoms with Gasteiger partial charge in [0.15, 0.2) is 0 Å². The molecule has 0 radical (unpaired) electrons. The van der Waals surface area contributed by atoms with E-state index in [1.54, 1.807) is 30.5 Å². The first-order chi connectivity index (χ1) is 11.7. The quantitative estimate of drug-likeness (QED) is 0.616. The molecule has 0 bridgehead atoms. The van der Waals surface area contributed by atoms with E-state index in [1.807, 2.05) is 23.6 Å². The molecule has 0 aliphatic heterocycles. The number of rotatable bonds is 4. The average Bonchev–Trinajstić information content (AvgIpc) is 3.31. The first-order valence-electron chi connectivity index (χ1n) is 7.18. The topological polar surface area (TPSA) is 85.8 Å². The molecule has 0 spiro atoms. The van der Waals surface area contributed by atoms with Crippen molar-refractivity contribution in [2.45, 2.75) is 6.54 Å². The van der Waals surface area contributed by atoms with Crippen LogP contribution in [0.3, 0.4) is 0 Å². The summed E-state index contributed by atoms with van der Waals surface area (Å²) in [6.45, 7) is 0.103. The van der Waals surface area contributed by atoms with Crippen molar-refractivity contribution in [1.82, 2.24) is 19.3 Å². The van der Waals surface area contributed by atoms with Gasteiger partial charge in [-0.2, -0.15) is 0 Å². The molecule has 7 nitrogen and oxygen atoms in total. The Bertz CT molecular complexity index is 1070. The summed E-state index contributed by atoms with van der Waals surface area (Å²) in [7, 11) is 0. The van der Waals surface area contributed by atoms with Crippen molar-refractivity contribution >= 4 is 11.3 Å². The fraction of sp³-hybridized carbons (Fsp3) is 0.0625. The van der Waals surface area contributed by atoms with Gasteiger partial charge in [-0.05, 0) is 23.6 Å². The van der Waals surface area contributed by atoms with Crippen LogP contribution in [0.2, 0.25) is 0 Å². The number of nitrogens with one attached hydrogen (secondary N) is 1. The van der Waals surface area contributed by atoms with Crippen LogP contribution in [0.25, 0.3) is 16.5 Å². The van der Waals surface area contributed by atoms with Crippen LogP contribution in [0.4, 0.5) is 0 Å². The zero-order valence-corrected chi connectivity index (χ0v) is 13.2. The molecule has 24 heavy (non-hydrogen) atoms. The maximum atomic E-state index is 12.5. The van der Waals surface area contributed by atoms with E-state index < -0.39 is 11.4 Å². The average molecular weight is 340 g/mol. The van der Waals surface area contributed by atoms with Crippen molar-refractivity contribution in [3.05, 3.63) is 80.8 Å². The predicted molar refractivity (Wildman–Crippen MR) is 89.6 cm³/mol. The molecule has 0 saturated heterocycles. The Balaban J connectivity index is 1.67. The number of H-pyrrole nitrogens is 1. The molecule has 0 saturated carbocycles. The van der Waals surface area contributed by atoms with E-state index >= 15 is 0 Å². The standard InChI is InChI=1S/C16H12N4O3S/c21-15-18-19(16(22)20(15)11-5-2-1-3-6-11)10-12-9-17-14(23-12)13-7-4-8-24-13/h1-9H,10H2,(H,18,21). The number of para-hydroxylation sites is 1. The largest absolute Gasteiger partial charge is 0.438 e. The van der Waals surface area contributed by atoms with Gasteiger partial charge in [-0.25, -0.2) is 28.9 Å². The summed E-state index contributed by atoms with van der Waals surface area (Å²) in [6, 6.07) is 12.6. The van der Waals surface area contributed by atoms with Gasteiger partial charge >= 0.3 is 11.4 Å². The minimum Gasteiger partial charge on any atom is -0.438 e. The van der Waals surface area contributed by atoms with Gasteiger partial charge in [0.05, 0.1) is 16.8 Å². The number of nitrogens with zero attached hydrogens (tertiary/aromatic N) is 3. The normalized spacial score (nSPS) is 11.0. The van der Waals surface area contributed by atoms with Crippen molar-refractivity contribution in [2.75, 3.05) is 0 Å². The van der Waals surface area contributed by atoms with Crippen LogP contribution in [0.1, 0.15) is 5.76 Å². The molecule has 1 N–H and O–H groups in total. The van der Waals surface area contributed by atoms with Crippen LogP contribution in [-0.4, -0.2) is 19.3 Å². The highest BCUT2D eigenvalue weighted by Gasteiger charge is 2.13. The molecule has 0 unspecified atom stereocenters. The van der Waals surface area contributed by atoms with Gasteiger partial charge in [0.25, 0.3) is 0 Å². The number of thiophene rings is 1. The van der Waals surface area contributed by atoms with E-state index in [4.69, 9.17) is 4.42 Å². The Morgan fingerprint density at radius 1 is 1.12 bits per heavy atom. The van der Waals surface area contributed by atoms with E-state index in [0.717, 1.165) is 9.44 Å². The summed E-state index contributed by atoms with van der Waals surface area (Å²) in [5.41, 5.74) is -0.441. The van der Waals surface area contributed by atoms with Gasteiger partial charge in [-0.3, -0.25) is 0 Å². The number of aromatic amines is 1. The lowest BCUT2D eigenvalue weighted by atomic mass is 10.3. The molecule has 4 aromatic rings. The van der Waals surface area contributed by atoms with Crippen LogP contribution >= 0.6 is 11.3 Å². The molecule has 0 aliphatic carbocycles. The molecule has 0 aliphatic rings. The van der Waals surface area contributed by atoms with Crippen molar-refractivity contribution in [3.8, 4) is 16.5 Å². The van der Waals surface area contributed by atoms with Crippen LogP contribution in [0.5, 0.6) is 0 Å². The fourth-order valence-electron chi connectivity index (χ4n) is 2.38. The first-order valence-corrected chi connectivity index (χ1v) is 8.06. The van der Waals surface area contributed by atoms with E-state index in [9.17, 15) is 9.59 Å². The highest BCUT2D eigenvalue weighted by atomic mass is 32.1. The third-order valence-electron chi connectivity index (χ3n) is 3.47. The molecular weight excluding hydrogens is 328 g/mol. The van der Waals surface area contributed by atoms with Gasteiger partial charge in [0, 0.05) is 0 Å². The van der Waals surface area contributed by atoms with Crippen LogP contribution in [0, 0.1) is 0 Å². The molecule has 0 fully saturated rings. The summed E-state index contributed by atoms with van der Waals surface area (Å²) in [5, 5.41) is 4.46. The van der Waals surface area contributed by atoms with Crippen molar-refractivity contribution < 1.29 is 4.42 Å². The second kappa shape index (κ2) is 5.82. The second-order valence-electron chi connectivity index (χ2n) is 5.07. The number of oxazole rings is 1. The zero-order chi connectivity index (χ0) is 16.5. The Morgan fingerprint density at radius 2 is 1.96 bits per heavy atom. The third-order valence-corrected chi connectivity index (χ3v) is 4.33. The molecule has 3 aromatic heterocycles. The molecule has 3 heterocycles. The molecule has 4 rings (SSSR count). The van der Waals surface area contributed by atoms with E-state index in [2.05, 4.69) is 10.1 Å². The van der Waals surface area contributed by atoms with Crippen LogP contribution in [0.15, 0.2) is 68.0 Å². The predicted octanol–water partition coefficient (Wildman–Crippen LogP) is 2.09. The SMILES string of the molecule is O=c1[nH]n(Cc2cnc(-c3cccs3)o2)c(=O)n1-c1ccccc1. The first kappa shape index (κ1) is 14.5. The van der Waals surface area contributed by atoms with Crippen molar-refractivity contribution in [1.29, 1.82) is 0 Å². The smallest absolute Gasteiger partial charge is 0.352 e. The number of hydrogen-bond acceptors (Lipinski definition) is 5. The van der Waals surface area contributed by atoms with E-state index in [1.165, 1.54) is 16.0 Å². The van der Waals surface area contributed by atoms with Gasteiger partial charge in [0.2, 0.25) is 5.89 Å². The fourth-order valence-corrected chi connectivity index (χ4v) is 3.04. The van der Waals surface area contributed by atoms with Crippen LogP contribution < -0.4 is 11.4 Å². The monoisotopic (exact) mass is 340 g/mol. The van der Waals surface area contributed by atoms with Gasteiger partial charge in [-0.1, -0.05) is 24.3 Å². The molecule has 0 amide bonds. The van der Waals surface area contributed by atoms with E-state index in [0.29, 0.717) is 17.3 Å². The minimum atomic E-state index is -0.496. The molecule has 120 valence electrons. The highest BCUT2D eigenvalue weighted by molar-refractivity contribution is 7.13. The molecule has 0 atom stereocenters. The lowest BCUT2D eigenvalue weighted by molar-refractivity contribution is 0.481. The Hall–Kier alpha value is -3.13. The maximum absolute atomic E-state index is 12.5. The number of aromatic nitrogens is 4. The van der Waals surface area contributed by atoms with Gasteiger partial charge < -0.3 is 4.42 Å². The Labute approximate surface area is 139 Å². The lowest BCUT2D eigenvalue weighted by Crippen LogP contribution is -2.27. The lowest BCUT2D eigenvalue weighted by Gasteiger charge is -1.98. The Kier molecular flexibility index (Phi) is 3.51. The summed E-state index contributed by atoms with van der Waals surface area (Å²) in [5.74, 6) is 0.986. The number of benzene rings is 1. The molecule has 8 heteroatoms. The summed E-state index contributed by atoms with van der Waals surface area (Å²) < 4.78 is 7.93. The van der Waals surface area contributed by atoms with Gasteiger partial charge in [-0.15, -0.1) is 11.3 Å². The molecular formula is C16H12N4O3S. The number of hydrogen-bond donors (Lipinski definition) is 1. The maximum Gasteiger partial charge on any atom is 0.352 e. The molecule has 1 aromatic carbocycles. The third kappa shape index (κ3) is 2.52. The highest BCUT2D eigenvalue weighted by Crippen LogP contribution is 2.24. The Morgan fingerprint density at radius 3 is 2.71 bits per heavy atom. The second-order valence-corrected chi connectivity index (χ2v) is 6.01. The van der Waals surface area contributed by atoms with Crippen molar-refractivity contribution in [2.24, 2.45) is 0 Å². The summed E-state index contributed by atoms with van der Waals surface area (Å²) in [4.78, 5) is 29.7.